The van der Waals surface area contributed by atoms with E-state index in [1.165, 1.54) is 4.68 Å². The van der Waals surface area contributed by atoms with Crippen molar-refractivity contribution in [3.63, 3.8) is 0 Å². The summed E-state index contributed by atoms with van der Waals surface area (Å²) < 4.78 is 4.21. The SMILES string of the molecule is CC[C@@H](C)c1nc2ccc(Br)cc2c(=O)n1N=Cc1cc(C)n(-c2cc(C(=O)O)ccc2C)c1C. The zero-order valence-corrected chi connectivity index (χ0v) is 21.9. The van der Waals surface area contributed by atoms with Gasteiger partial charge in [0.2, 0.25) is 0 Å². The Balaban J connectivity index is 1.86. The Morgan fingerprint density at radius 2 is 1.91 bits per heavy atom. The predicted octanol–water partition coefficient (Wildman–Crippen LogP) is 5.97. The van der Waals surface area contributed by atoms with Crippen molar-refractivity contribution >= 4 is 39.0 Å². The summed E-state index contributed by atoms with van der Waals surface area (Å²) in [7, 11) is 0. The molecule has 1 N–H and O–H groups in total. The van der Waals surface area contributed by atoms with Crippen molar-refractivity contribution in [3.05, 3.63) is 91.2 Å². The molecular formula is C27H27BrN4O3. The number of aromatic carboxylic acids is 1. The molecule has 8 heteroatoms. The Labute approximate surface area is 211 Å². The van der Waals surface area contributed by atoms with E-state index in [2.05, 4.69) is 28.0 Å². The number of hydrogen-bond acceptors (Lipinski definition) is 4. The number of benzene rings is 2. The maximum atomic E-state index is 13.4. The van der Waals surface area contributed by atoms with E-state index in [0.29, 0.717) is 16.7 Å². The normalized spacial score (nSPS) is 12.5. The van der Waals surface area contributed by atoms with Gasteiger partial charge in [-0.05, 0) is 69.2 Å². The highest BCUT2D eigenvalue weighted by atomic mass is 79.9. The maximum absolute atomic E-state index is 13.4. The number of carboxylic acid groups (broad SMARTS) is 1. The molecule has 0 aliphatic rings. The standard InChI is InChI=1S/C27H27BrN4O3/c1-6-15(2)25-30-23-10-9-21(28)13-22(23)26(33)32(25)29-14-20-11-17(4)31(18(20)5)24-12-19(27(34)35)8-7-16(24)3/h7-15H,6H2,1-5H3,(H,34,35)/t15-/m1/s1. The third-order valence-corrected chi connectivity index (χ3v) is 6.86. The molecule has 0 spiro atoms. The van der Waals surface area contributed by atoms with E-state index in [9.17, 15) is 14.7 Å². The highest BCUT2D eigenvalue weighted by Crippen LogP contribution is 2.25. The fourth-order valence-corrected chi connectivity index (χ4v) is 4.53. The van der Waals surface area contributed by atoms with Crippen LogP contribution in [-0.4, -0.2) is 31.5 Å². The molecule has 4 rings (SSSR count). The van der Waals surface area contributed by atoms with Crippen LogP contribution in [0, 0.1) is 20.8 Å². The number of carboxylic acids is 1. The predicted molar refractivity (Wildman–Crippen MR) is 142 cm³/mol. The third-order valence-electron chi connectivity index (χ3n) is 6.37. The fourth-order valence-electron chi connectivity index (χ4n) is 4.17. The topological polar surface area (TPSA) is 89.5 Å². The van der Waals surface area contributed by atoms with Crippen LogP contribution in [0.3, 0.4) is 0 Å². The number of halogens is 1. The highest BCUT2D eigenvalue weighted by Gasteiger charge is 2.17. The first-order valence-corrected chi connectivity index (χ1v) is 12.2. The van der Waals surface area contributed by atoms with Gasteiger partial charge < -0.3 is 9.67 Å². The molecule has 35 heavy (non-hydrogen) atoms. The first-order valence-electron chi connectivity index (χ1n) is 11.4. The van der Waals surface area contributed by atoms with Crippen molar-refractivity contribution in [2.45, 2.75) is 47.0 Å². The monoisotopic (exact) mass is 534 g/mol. The molecule has 0 aliphatic heterocycles. The molecule has 2 aromatic heterocycles. The summed E-state index contributed by atoms with van der Waals surface area (Å²) in [6, 6.07) is 12.5. The summed E-state index contributed by atoms with van der Waals surface area (Å²) in [6.45, 7) is 9.95. The van der Waals surface area contributed by atoms with E-state index in [4.69, 9.17) is 4.98 Å². The lowest BCUT2D eigenvalue weighted by Gasteiger charge is -2.14. The summed E-state index contributed by atoms with van der Waals surface area (Å²) in [5.41, 5.74) is 5.07. The molecule has 4 aromatic rings. The number of hydrogen-bond donors (Lipinski definition) is 1. The molecule has 7 nitrogen and oxygen atoms in total. The minimum absolute atomic E-state index is 0.0433. The molecule has 0 aliphatic carbocycles. The lowest BCUT2D eigenvalue weighted by atomic mass is 10.1. The van der Waals surface area contributed by atoms with E-state index in [-0.39, 0.29) is 17.0 Å². The molecule has 0 unspecified atom stereocenters. The van der Waals surface area contributed by atoms with Crippen LogP contribution in [-0.2, 0) is 0 Å². The van der Waals surface area contributed by atoms with Gasteiger partial charge in [0.15, 0.2) is 0 Å². The molecule has 1 atom stereocenters. The molecule has 0 radical (unpaired) electrons. The molecule has 0 saturated carbocycles. The van der Waals surface area contributed by atoms with Crippen LogP contribution < -0.4 is 5.56 Å². The number of aryl methyl sites for hydroxylation is 2. The van der Waals surface area contributed by atoms with Crippen LogP contribution in [0.15, 0.2) is 56.8 Å². The minimum Gasteiger partial charge on any atom is -0.478 e. The Bertz CT molecular complexity index is 1550. The van der Waals surface area contributed by atoms with Gasteiger partial charge in [0.25, 0.3) is 5.56 Å². The molecule has 0 bridgehead atoms. The summed E-state index contributed by atoms with van der Waals surface area (Å²) in [6.07, 6.45) is 2.49. The van der Waals surface area contributed by atoms with E-state index in [1.54, 1.807) is 24.4 Å². The van der Waals surface area contributed by atoms with Crippen molar-refractivity contribution in [2.75, 3.05) is 0 Å². The van der Waals surface area contributed by atoms with Crippen LogP contribution in [0.2, 0.25) is 0 Å². The lowest BCUT2D eigenvalue weighted by molar-refractivity contribution is 0.0697. The summed E-state index contributed by atoms with van der Waals surface area (Å²) >= 11 is 3.44. The molecule has 180 valence electrons. The second-order valence-electron chi connectivity index (χ2n) is 8.77. The number of nitrogens with zero attached hydrogens (tertiary/aromatic N) is 4. The zero-order chi connectivity index (χ0) is 25.4. The van der Waals surface area contributed by atoms with Gasteiger partial charge in [0.1, 0.15) is 5.82 Å². The number of aromatic nitrogens is 3. The van der Waals surface area contributed by atoms with E-state index < -0.39 is 5.97 Å². The third kappa shape index (κ3) is 4.58. The molecular weight excluding hydrogens is 508 g/mol. The molecule has 2 aromatic carbocycles. The smallest absolute Gasteiger partial charge is 0.335 e. The highest BCUT2D eigenvalue weighted by molar-refractivity contribution is 9.10. The van der Waals surface area contributed by atoms with Crippen LogP contribution >= 0.6 is 15.9 Å². The van der Waals surface area contributed by atoms with Gasteiger partial charge in [-0.3, -0.25) is 4.79 Å². The maximum Gasteiger partial charge on any atom is 0.335 e. The summed E-state index contributed by atoms with van der Waals surface area (Å²) in [5.74, 6) is -0.313. The van der Waals surface area contributed by atoms with Crippen LogP contribution in [0.4, 0.5) is 0 Å². The number of fused-ring (bicyclic) bond motifs is 1. The quantitative estimate of drug-likeness (QED) is 0.308. The molecule has 0 saturated heterocycles. The second kappa shape index (κ2) is 9.62. The Morgan fingerprint density at radius 3 is 2.60 bits per heavy atom. The first-order chi connectivity index (χ1) is 16.6. The average molecular weight is 535 g/mol. The minimum atomic E-state index is -0.970. The number of rotatable bonds is 6. The van der Waals surface area contributed by atoms with Gasteiger partial charge in [0, 0.05) is 33.0 Å². The Morgan fingerprint density at radius 1 is 1.17 bits per heavy atom. The van der Waals surface area contributed by atoms with Crippen molar-refractivity contribution in [1.82, 2.24) is 14.2 Å². The van der Waals surface area contributed by atoms with Crippen molar-refractivity contribution in [1.29, 1.82) is 0 Å². The first kappa shape index (κ1) is 24.6. The molecule has 0 amide bonds. The Hall–Kier alpha value is -3.52. The van der Waals surface area contributed by atoms with Crippen LogP contribution in [0.25, 0.3) is 16.6 Å². The van der Waals surface area contributed by atoms with Crippen molar-refractivity contribution in [2.24, 2.45) is 5.10 Å². The summed E-state index contributed by atoms with van der Waals surface area (Å²) in [4.78, 5) is 29.7. The van der Waals surface area contributed by atoms with E-state index in [0.717, 1.165) is 39.1 Å². The molecule has 0 fully saturated rings. The second-order valence-corrected chi connectivity index (χ2v) is 9.69. The van der Waals surface area contributed by atoms with E-state index >= 15 is 0 Å². The van der Waals surface area contributed by atoms with Gasteiger partial charge in [-0.15, -0.1) is 0 Å². The van der Waals surface area contributed by atoms with Gasteiger partial charge in [-0.25, -0.2) is 9.78 Å². The summed E-state index contributed by atoms with van der Waals surface area (Å²) in [5, 5.41) is 14.5. The lowest BCUT2D eigenvalue weighted by Crippen LogP contribution is -2.23. The molecule has 2 heterocycles. The van der Waals surface area contributed by atoms with Crippen molar-refractivity contribution in [3.8, 4) is 5.69 Å². The van der Waals surface area contributed by atoms with Gasteiger partial charge in [-0.2, -0.15) is 9.78 Å². The van der Waals surface area contributed by atoms with Gasteiger partial charge >= 0.3 is 5.97 Å². The van der Waals surface area contributed by atoms with Gasteiger partial charge in [-0.1, -0.05) is 35.8 Å². The number of carbonyl (C=O) groups is 1. The average Bonchev–Trinajstić information content (AvgIpc) is 3.11. The zero-order valence-electron chi connectivity index (χ0n) is 20.3. The fraction of sp³-hybridized carbons (Fsp3) is 0.259. The van der Waals surface area contributed by atoms with Crippen molar-refractivity contribution < 1.29 is 9.90 Å². The largest absolute Gasteiger partial charge is 0.478 e. The van der Waals surface area contributed by atoms with E-state index in [1.807, 2.05) is 56.5 Å². The van der Waals surface area contributed by atoms with Gasteiger partial charge in [0.05, 0.1) is 22.7 Å². The van der Waals surface area contributed by atoms with Crippen LogP contribution in [0.5, 0.6) is 0 Å². The van der Waals surface area contributed by atoms with Crippen LogP contribution in [0.1, 0.15) is 64.9 Å². The Kier molecular flexibility index (Phi) is 6.76.